The van der Waals surface area contributed by atoms with E-state index >= 15 is 0 Å². The number of aryl methyl sites for hydroxylation is 2. The smallest absolute Gasteiger partial charge is 0.0663 e. The molecule has 0 spiro atoms. The Balaban J connectivity index is 2.47. The second-order valence-corrected chi connectivity index (χ2v) is 6.55. The molecule has 1 heterocycles. The van der Waals surface area contributed by atoms with Crippen LogP contribution < -0.4 is 5.73 Å². The lowest BCUT2D eigenvalue weighted by Gasteiger charge is -2.14. The third-order valence-electron chi connectivity index (χ3n) is 2.68. The van der Waals surface area contributed by atoms with Crippen molar-refractivity contribution in [2.75, 3.05) is 0 Å². The first kappa shape index (κ1) is 13.1. The van der Waals surface area contributed by atoms with Gasteiger partial charge in [0.25, 0.3) is 0 Å². The zero-order valence-corrected chi connectivity index (χ0v) is 12.8. The molecule has 2 N–H and O–H groups in total. The molecule has 0 bridgehead atoms. The quantitative estimate of drug-likeness (QED) is 0.838. The monoisotopic (exact) mass is 329 g/mol. The van der Waals surface area contributed by atoms with Gasteiger partial charge in [-0.1, -0.05) is 23.7 Å². The second-order valence-electron chi connectivity index (χ2n) is 4.03. The summed E-state index contributed by atoms with van der Waals surface area (Å²) in [7, 11) is 0. The van der Waals surface area contributed by atoms with Crippen LogP contribution in [0.3, 0.4) is 0 Å². The molecule has 1 nitrogen and oxygen atoms in total. The van der Waals surface area contributed by atoms with Crippen LogP contribution in [0.15, 0.2) is 28.7 Å². The van der Waals surface area contributed by atoms with Crippen molar-refractivity contribution in [2.24, 2.45) is 5.73 Å². The van der Waals surface area contributed by atoms with Crippen LogP contribution in [0, 0.1) is 13.8 Å². The number of rotatable bonds is 2. The fourth-order valence-corrected chi connectivity index (χ4v) is 3.55. The SMILES string of the molecule is Cc1cc(C)c(C(N)c2cccc(Br)c2Cl)s1. The largest absolute Gasteiger partial charge is 0.320 e. The molecule has 0 aliphatic heterocycles. The molecular formula is C13H13BrClNS. The standard InChI is InChI=1S/C13H13BrClNS/c1-7-6-8(2)17-13(7)12(16)9-4-3-5-10(14)11(9)15/h3-6,12H,16H2,1-2H3. The van der Waals surface area contributed by atoms with E-state index in [0.29, 0.717) is 5.02 Å². The minimum Gasteiger partial charge on any atom is -0.320 e. The summed E-state index contributed by atoms with van der Waals surface area (Å²) in [6.07, 6.45) is 0. The highest BCUT2D eigenvalue weighted by atomic mass is 79.9. The molecule has 0 saturated carbocycles. The molecule has 2 rings (SSSR count). The minimum absolute atomic E-state index is 0.154. The van der Waals surface area contributed by atoms with E-state index in [4.69, 9.17) is 17.3 Å². The fourth-order valence-electron chi connectivity index (χ4n) is 1.87. The Labute approximate surface area is 119 Å². The van der Waals surface area contributed by atoms with E-state index in [9.17, 15) is 0 Å². The molecule has 1 unspecified atom stereocenters. The van der Waals surface area contributed by atoms with Crippen LogP contribution in [0.2, 0.25) is 5.02 Å². The molecule has 0 aliphatic carbocycles. The molecule has 0 aliphatic rings. The number of halogens is 2. The lowest BCUT2D eigenvalue weighted by molar-refractivity contribution is 0.884. The number of benzene rings is 1. The Kier molecular flexibility index (Phi) is 3.93. The second kappa shape index (κ2) is 5.11. The molecule has 2 aromatic rings. The van der Waals surface area contributed by atoms with Gasteiger partial charge in [-0.25, -0.2) is 0 Å². The molecule has 1 aromatic carbocycles. The van der Waals surface area contributed by atoms with Crippen molar-refractivity contribution in [3.8, 4) is 0 Å². The first-order chi connectivity index (χ1) is 8.00. The summed E-state index contributed by atoms with van der Waals surface area (Å²) in [6, 6.07) is 7.86. The molecular weight excluding hydrogens is 318 g/mol. The molecule has 0 fully saturated rings. The third-order valence-corrected chi connectivity index (χ3v) is 5.22. The van der Waals surface area contributed by atoms with E-state index in [2.05, 4.69) is 35.8 Å². The number of hydrogen-bond donors (Lipinski definition) is 1. The first-order valence-electron chi connectivity index (χ1n) is 5.27. The summed E-state index contributed by atoms with van der Waals surface area (Å²) in [5.74, 6) is 0. The van der Waals surface area contributed by atoms with E-state index in [1.54, 1.807) is 11.3 Å². The topological polar surface area (TPSA) is 26.0 Å². The highest BCUT2D eigenvalue weighted by Gasteiger charge is 2.17. The van der Waals surface area contributed by atoms with Crippen molar-refractivity contribution in [1.29, 1.82) is 0 Å². The van der Waals surface area contributed by atoms with Crippen LogP contribution in [0.1, 0.15) is 26.9 Å². The molecule has 1 atom stereocenters. The van der Waals surface area contributed by atoms with Crippen molar-refractivity contribution in [2.45, 2.75) is 19.9 Å². The Morgan fingerprint density at radius 1 is 1.35 bits per heavy atom. The van der Waals surface area contributed by atoms with Gasteiger partial charge in [-0.05, 0) is 53.0 Å². The van der Waals surface area contributed by atoms with Crippen LogP contribution in [-0.2, 0) is 0 Å². The van der Waals surface area contributed by atoms with Crippen LogP contribution in [-0.4, -0.2) is 0 Å². The van der Waals surface area contributed by atoms with Crippen molar-refractivity contribution in [1.82, 2.24) is 0 Å². The van der Waals surface area contributed by atoms with Crippen molar-refractivity contribution < 1.29 is 0 Å². The first-order valence-corrected chi connectivity index (χ1v) is 7.26. The van der Waals surface area contributed by atoms with Gasteiger partial charge in [-0.15, -0.1) is 11.3 Å². The summed E-state index contributed by atoms with van der Waals surface area (Å²) in [5, 5.41) is 0.699. The zero-order chi connectivity index (χ0) is 12.6. The normalized spacial score (nSPS) is 12.8. The fraction of sp³-hybridized carbons (Fsp3) is 0.231. The Bertz CT molecular complexity index is 550. The van der Waals surface area contributed by atoms with Gasteiger partial charge in [0.15, 0.2) is 0 Å². The highest BCUT2D eigenvalue weighted by molar-refractivity contribution is 9.10. The predicted molar refractivity (Wildman–Crippen MR) is 79.0 cm³/mol. The summed E-state index contributed by atoms with van der Waals surface area (Å²) >= 11 is 11.4. The zero-order valence-electron chi connectivity index (χ0n) is 9.63. The lowest BCUT2D eigenvalue weighted by Crippen LogP contribution is -2.12. The molecule has 0 saturated heterocycles. The van der Waals surface area contributed by atoms with Gasteiger partial charge < -0.3 is 5.73 Å². The highest BCUT2D eigenvalue weighted by Crippen LogP contribution is 2.36. The third kappa shape index (κ3) is 2.58. The maximum atomic E-state index is 6.31. The van der Waals surface area contributed by atoms with Crippen LogP contribution >= 0.6 is 38.9 Å². The van der Waals surface area contributed by atoms with Gasteiger partial charge in [0.05, 0.1) is 11.1 Å². The molecule has 0 radical (unpaired) electrons. The van der Waals surface area contributed by atoms with Crippen LogP contribution in [0.4, 0.5) is 0 Å². The minimum atomic E-state index is -0.154. The number of nitrogens with two attached hydrogens (primary N) is 1. The van der Waals surface area contributed by atoms with Gasteiger partial charge >= 0.3 is 0 Å². The number of hydrogen-bond acceptors (Lipinski definition) is 2. The summed E-state index contributed by atoms with van der Waals surface area (Å²) < 4.78 is 0.887. The molecule has 4 heteroatoms. The molecule has 0 amide bonds. The Hall–Kier alpha value is -0.350. The van der Waals surface area contributed by atoms with Gasteiger partial charge in [-0.3, -0.25) is 0 Å². The van der Waals surface area contributed by atoms with Crippen molar-refractivity contribution in [3.05, 3.63) is 54.6 Å². The number of thiophene rings is 1. The summed E-state index contributed by atoms with van der Waals surface area (Å²) in [6.45, 7) is 4.18. The lowest BCUT2D eigenvalue weighted by atomic mass is 10.0. The van der Waals surface area contributed by atoms with Crippen molar-refractivity contribution in [3.63, 3.8) is 0 Å². The summed E-state index contributed by atoms with van der Waals surface area (Å²) in [4.78, 5) is 2.46. The van der Waals surface area contributed by atoms with Crippen molar-refractivity contribution >= 4 is 38.9 Å². The maximum absolute atomic E-state index is 6.31. The van der Waals surface area contributed by atoms with Crippen LogP contribution in [0.5, 0.6) is 0 Å². The van der Waals surface area contributed by atoms with E-state index in [1.807, 2.05) is 18.2 Å². The van der Waals surface area contributed by atoms with Gasteiger partial charge in [-0.2, -0.15) is 0 Å². The van der Waals surface area contributed by atoms with Gasteiger partial charge in [0, 0.05) is 14.2 Å². The Morgan fingerprint density at radius 2 is 2.06 bits per heavy atom. The van der Waals surface area contributed by atoms with Gasteiger partial charge in [0.1, 0.15) is 0 Å². The maximum Gasteiger partial charge on any atom is 0.0663 e. The predicted octanol–water partition coefficient (Wildman–Crippen LogP) is 4.83. The average molecular weight is 331 g/mol. The Morgan fingerprint density at radius 3 is 2.65 bits per heavy atom. The summed E-state index contributed by atoms with van der Waals surface area (Å²) in [5.41, 5.74) is 8.50. The molecule has 90 valence electrons. The average Bonchev–Trinajstić information content (AvgIpc) is 2.61. The van der Waals surface area contributed by atoms with Gasteiger partial charge in [0.2, 0.25) is 0 Å². The van der Waals surface area contributed by atoms with E-state index in [0.717, 1.165) is 10.0 Å². The molecule has 1 aromatic heterocycles. The molecule has 17 heavy (non-hydrogen) atoms. The van der Waals surface area contributed by atoms with E-state index in [-0.39, 0.29) is 6.04 Å². The van der Waals surface area contributed by atoms with Crippen LogP contribution in [0.25, 0.3) is 0 Å². The van der Waals surface area contributed by atoms with E-state index in [1.165, 1.54) is 15.3 Å². The van der Waals surface area contributed by atoms with E-state index < -0.39 is 0 Å².